The Morgan fingerprint density at radius 2 is 2.20 bits per heavy atom. The van der Waals surface area contributed by atoms with Crippen molar-refractivity contribution in [1.29, 1.82) is 0 Å². The van der Waals surface area contributed by atoms with Crippen LogP contribution in [0, 0.1) is 0 Å². The van der Waals surface area contributed by atoms with E-state index in [1.165, 1.54) is 6.08 Å². The van der Waals surface area contributed by atoms with E-state index < -0.39 is 5.97 Å². The average molecular weight is 227 g/mol. The van der Waals surface area contributed by atoms with Gasteiger partial charge in [-0.25, -0.2) is 0 Å². The Morgan fingerprint density at radius 3 is 2.80 bits per heavy atom. The SMILES string of the molecule is O=C(O)CC=Cc1ccc(Cl)cc1CO. The number of carboxylic acid groups (broad SMARTS) is 1. The van der Waals surface area contributed by atoms with Gasteiger partial charge in [-0.15, -0.1) is 0 Å². The van der Waals surface area contributed by atoms with E-state index in [0.29, 0.717) is 10.6 Å². The minimum atomic E-state index is -0.884. The fraction of sp³-hybridized carbons (Fsp3) is 0.182. The first kappa shape index (κ1) is 11.8. The summed E-state index contributed by atoms with van der Waals surface area (Å²) in [7, 11) is 0. The summed E-state index contributed by atoms with van der Waals surface area (Å²) < 4.78 is 0. The van der Waals surface area contributed by atoms with Crippen LogP contribution in [0.3, 0.4) is 0 Å². The van der Waals surface area contributed by atoms with Gasteiger partial charge in [-0.1, -0.05) is 29.8 Å². The standard InChI is InChI=1S/C11H11ClO3/c12-10-5-4-8(9(6-10)7-13)2-1-3-11(14)15/h1-2,4-6,13H,3,7H2,(H,14,15). The number of carboxylic acids is 1. The van der Waals surface area contributed by atoms with Crippen LogP contribution in [0.25, 0.3) is 6.08 Å². The lowest BCUT2D eigenvalue weighted by atomic mass is 10.1. The monoisotopic (exact) mass is 226 g/mol. The molecule has 2 N–H and O–H groups in total. The normalized spacial score (nSPS) is 10.8. The highest BCUT2D eigenvalue weighted by Crippen LogP contribution is 2.17. The number of hydrogen-bond acceptors (Lipinski definition) is 2. The van der Waals surface area contributed by atoms with E-state index in [1.807, 2.05) is 0 Å². The first-order valence-corrected chi connectivity index (χ1v) is 4.79. The van der Waals surface area contributed by atoms with Crippen LogP contribution in [-0.2, 0) is 11.4 Å². The van der Waals surface area contributed by atoms with Gasteiger partial charge in [0.05, 0.1) is 13.0 Å². The first-order chi connectivity index (χ1) is 7.13. The molecule has 3 nitrogen and oxygen atoms in total. The van der Waals surface area contributed by atoms with Crippen molar-refractivity contribution in [3.05, 3.63) is 40.4 Å². The quantitative estimate of drug-likeness (QED) is 0.829. The number of benzene rings is 1. The number of hydrogen-bond donors (Lipinski definition) is 2. The fourth-order valence-electron chi connectivity index (χ4n) is 1.16. The van der Waals surface area contributed by atoms with E-state index in [-0.39, 0.29) is 13.0 Å². The molecular weight excluding hydrogens is 216 g/mol. The molecule has 4 heteroatoms. The summed E-state index contributed by atoms with van der Waals surface area (Å²) in [5.41, 5.74) is 1.47. The summed E-state index contributed by atoms with van der Waals surface area (Å²) >= 11 is 5.75. The topological polar surface area (TPSA) is 57.5 Å². The van der Waals surface area contributed by atoms with Crippen molar-refractivity contribution < 1.29 is 15.0 Å². The molecule has 80 valence electrons. The molecule has 0 saturated heterocycles. The molecule has 0 spiro atoms. The second-order valence-corrected chi connectivity index (χ2v) is 3.44. The molecule has 0 atom stereocenters. The van der Waals surface area contributed by atoms with Gasteiger partial charge in [0.25, 0.3) is 0 Å². The molecule has 0 bridgehead atoms. The maximum Gasteiger partial charge on any atom is 0.307 e. The van der Waals surface area contributed by atoms with Crippen LogP contribution >= 0.6 is 11.6 Å². The highest BCUT2D eigenvalue weighted by atomic mass is 35.5. The van der Waals surface area contributed by atoms with Crippen LogP contribution in [0.5, 0.6) is 0 Å². The molecule has 1 rings (SSSR count). The van der Waals surface area contributed by atoms with E-state index in [2.05, 4.69) is 0 Å². The number of aliphatic carboxylic acids is 1. The lowest BCUT2D eigenvalue weighted by molar-refractivity contribution is -0.135. The van der Waals surface area contributed by atoms with Crippen molar-refractivity contribution in [2.75, 3.05) is 0 Å². The Labute approximate surface area is 92.6 Å². The average Bonchev–Trinajstić information content (AvgIpc) is 2.19. The van der Waals surface area contributed by atoms with Gasteiger partial charge in [-0.05, 0) is 23.3 Å². The Hall–Kier alpha value is -1.32. The van der Waals surface area contributed by atoms with Crippen molar-refractivity contribution in [2.24, 2.45) is 0 Å². The van der Waals surface area contributed by atoms with E-state index in [1.54, 1.807) is 24.3 Å². The van der Waals surface area contributed by atoms with Gasteiger partial charge >= 0.3 is 5.97 Å². The van der Waals surface area contributed by atoms with Crippen molar-refractivity contribution >= 4 is 23.6 Å². The van der Waals surface area contributed by atoms with Crippen molar-refractivity contribution in [1.82, 2.24) is 0 Å². The minimum absolute atomic E-state index is 0.0342. The smallest absolute Gasteiger partial charge is 0.307 e. The minimum Gasteiger partial charge on any atom is -0.481 e. The Bertz CT molecular complexity index is 385. The van der Waals surface area contributed by atoms with Gasteiger partial charge in [0.1, 0.15) is 0 Å². The molecule has 0 aliphatic carbocycles. The first-order valence-electron chi connectivity index (χ1n) is 4.41. The van der Waals surface area contributed by atoms with Gasteiger partial charge in [-0.2, -0.15) is 0 Å². The molecule has 0 radical (unpaired) electrons. The van der Waals surface area contributed by atoms with Gasteiger partial charge in [0, 0.05) is 5.02 Å². The Kier molecular flexibility index (Phi) is 4.34. The zero-order valence-electron chi connectivity index (χ0n) is 7.98. The van der Waals surface area contributed by atoms with Crippen LogP contribution in [-0.4, -0.2) is 16.2 Å². The van der Waals surface area contributed by atoms with Crippen LogP contribution in [0.4, 0.5) is 0 Å². The lowest BCUT2D eigenvalue weighted by Crippen LogP contribution is -1.91. The van der Waals surface area contributed by atoms with Crippen LogP contribution in [0.2, 0.25) is 5.02 Å². The maximum atomic E-state index is 10.3. The van der Waals surface area contributed by atoms with Gasteiger partial charge < -0.3 is 10.2 Å². The third kappa shape index (κ3) is 3.73. The summed E-state index contributed by atoms with van der Waals surface area (Å²) in [5, 5.41) is 18.0. The summed E-state index contributed by atoms with van der Waals surface area (Å²) in [5.74, 6) is -0.884. The largest absolute Gasteiger partial charge is 0.481 e. The highest BCUT2D eigenvalue weighted by molar-refractivity contribution is 6.30. The van der Waals surface area contributed by atoms with Crippen molar-refractivity contribution in [3.63, 3.8) is 0 Å². The summed E-state index contributed by atoms with van der Waals surface area (Å²) in [6.07, 6.45) is 3.16. The third-order valence-electron chi connectivity index (χ3n) is 1.87. The van der Waals surface area contributed by atoms with Crippen LogP contribution in [0.15, 0.2) is 24.3 Å². The third-order valence-corrected chi connectivity index (χ3v) is 2.10. The van der Waals surface area contributed by atoms with Crippen molar-refractivity contribution in [3.8, 4) is 0 Å². The molecule has 1 aromatic rings. The maximum absolute atomic E-state index is 10.3. The molecule has 0 saturated carbocycles. The van der Waals surface area contributed by atoms with Gasteiger partial charge in [0.2, 0.25) is 0 Å². The van der Waals surface area contributed by atoms with Gasteiger partial charge in [0.15, 0.2) is 0 Å². The predicted molar refractivity (Wildman–Crippen MR) is 58.7 cm³/mol. The number of rotatable bonds is 4. The second-order valence-electron chi connectivity index (χ2n) is 3.00. The molecule has 0 amide bonds. The molecule has 0 aliphatic heterocycles. The molecule has 15 heavy (non-hydrogen) atoms. The van der Waals surface area contributed by atoms with Gasteiger partial charge in [-0.3, -0.25) is 4.79 Å². The zero-order valence-corrected chi connectivity index (χ0v) is 8.74. The molecule has 1 aromatic carbocycles. The Morgan fingerprint density at radius 1 is 1.47 bits per heavy atom. The Balaban J connectivity index is 2.84. The number of halogens is 1. The highest BCUT2D eigenvalue weighted by Gasteiger charge is 1.99. The molecule has 0 unspecified atom stereocenters. The van der Waals surface area contributed by atoms with Crippen molar-refractivity contribution in [2.45, 2.75) is 13.0 Å². The second kappa shape index (κ2) is 5.53. The molecule has 0 heterocycles. The van der Waals surface area contributed by atoms with E-state index in [9.17, 15) is 4.79 Å². The zero-order chi connectivity index (χ0) is 11.3. The summed E-state index contributed by atoms with van der Waals surface area (Å²) in [4.78, 5) is 10.3. The van der Waals surface area contributed by atoms with E-state index >= 15 is 0 Å². The molecule has 0 aromatic heterocycles. The van der Waals surface area contributed by atoms with Crippen LogP contribution < -0.4 is 0 Å². The van der Waals surface area contributed by atoms with E-state index in [4.69, 9.17) is 21.8 Å². The molecule has 0 fully saturated rings. The number of aliphatic hydroxyl groups excluding tert-OH is 1. The fourth-order valence-corrected chi connectivity index (χ4v) is 1.36. The predicted octanol–water partition coefficient (Wildman–Crippen LogP) is 2.32. The molecule has 0 aliphatic rings. The number of carbonyl (C=O) groups is 1. The summed E-state index contributed by atoms with van der Waals surface area (Å²) in [6.45, 7) is -0.118. The lowest BCUT2D eigenvalue weighted by Gasteiger charge is -2.02. The van der Waals surface area contributed by atoms with Crippen LogP contribution in [0.1, 0.15) is 17.5 Å². The summed E-state index contributed by atoms with van der Waals surface area (Å²) in [6, 6.07) is 5.09. The van der Waals surface area contributed by atoms with E-state index in [0.717, 1.165) is 5.56 Å². The number of aliphatic hydroxyl groups is 1. The molecular formula is C11H11ClO3.